The number of aromatic amines is 1. The smallest absolute Gasteiger partial charge is 0.332 e. The minimum atomic E-state index is -4.46. The van der Waals surface area contributed by atoms with E-state index >= 15 is 8.42 Å². The molecule has 17 heteroatoms. The van der Waals surface area contributed by atoms with Crippen molar-refractivity contribution < 1.29 is 32.3 Å². The molecule has 9 rings (SSSR count). The number of benzene rings is 3. The second kappa shape index (κ2) is 17.6. The molecular formula is C47H53ClN7O8S+. The summed E-state index contributed by atoms with van der Waals surface area (Å²) in [5.74, 6) is -0.430. The van der Waals surface area contributed by atoms with Crippen LogP contribution in [0.2, 0.25) is 5.02 Å². The number of hydrogen-bond acceptors (Lipinski definition) is 11. The minimum absolute atomic E-state index is 0.0395. The lowest BCUT2D eigenvalue weighted by molar-refractivity contribution is -0.386. The number of nitrogens with one attached hydrogen (secondary N) is 1. The van der Waals surface area contributed by atoms with Crippen molar-refractivity contribution in [2.24, 2.45) is 11.1 Å². The fourth-order valence-corrected chi connectivity index (χ4v) is 11.5. The summed E-state index contributed by atoms with van der Waals surface area (Å²) in [6.07, 6.45) is 8.11. The quantitative estimate of drug-likeness (QED) is 0.0627. The zero-order chi connectivity index (χ0) is 44.8. The lowest BCUT2D eigenvalue weighted by Crippen LogP contribution is -2.63. The molecule has 5 aromatic rings. The molecule has 64 heavy (non-hydrogen) atoms. The Balaban J connectivity index is 1.06. The van der Waals surface area contributed by atoms with Gasteiger partial charge in [0.25, 0.3) is 5.91 Å². The number of sulfonamides is 1. The predicted octanol–water partition coefficient (Wildman–Crippen LogP) is 7.93. The molecule has 1 unspecified atom stereocenters. The number of quaternary nitrogens is 1. The van der Waals surface area contributed by atoms with E-state index in [0.29, 0.717) is 60.9 Å². The number of amides is 1. The van der Waals surface area contributed by atoms with Crippen LogP contribution in [0.25, 0.3) is 16.6 Å². The third kappa shape index (κ3) is 8.99. The maximum Gasteiger partial charge on any atom is 0.332 e. The highest BCUT2D eigenvalue weighted by Crippen LogP contribution is 2.45. The van der Waals surface area contributed by atoms with Gasteiger partial charge in [0.15, 0.2) is 11.4 Å². The van der Waals surface area contributed by atoms with Crippen molar-refractivity contribution in [1.82, 2.24) is 23.7 Å². The van der Waals surface area contributed by atoms with E-state index in [9.17, 15) is 14.9 Å². The second-order valence-electron chi connectivity index (χ2n) is 18.2. The first kappa shape index (κ1) is 43.9. The number of morpholine rings is 1. The molecule has 4 heterocycles. The number of nitro groups is 1. The number of allylic oxidation sites excluding steroid dienone is 1. The highest BCUT2D eigenvalue weighted by Gasteiger charge is 2.49. The van der Waals surface area contributed by atoms with Gasteiger partial charge in [-0.2, -0.15) is 12.3 Å². The summed E-state index contributed by atoms with van der Waals surface area (Å²) >= 11 is 6.28. The molecule has 1 amide bonds. The van der Waals surface area contributed by atoms with Crippen molar-refractivity contribution in [3.05, 3.63) is 117 Å². The monoisotopic (exact) mass is 910 g/mol. The number of fused-ring (bicyclic) bond motifs is 1. The number of pyridine rings is 1. The van der Waals surface area contributed by atoms with Gasteiger partial charge in [0.1, 0.15) is 47.8 Å². The first-order chi connectivity index (χ1) is 30.7. The fourth-order valence-electron chi connectivity index (χ4n) is 9.43. The van der Waals surface area contributed by atoms with Gasteiger partial charge < -0.3 is 24.9 Å². The van der Waals surface area contributed by atoms with Crippen LogP contribution >= 0.6 is 11.6 Å². The highest BCUT2D eigenvalue weighted by molar-refractivity contribution is 7.91. The SMILES string of the molecule is CC1(C)CCC(CN2CC[N+](c3ccc(C(N)=O)c(Oc4cnc5[nH]ccc5c4)c3)(S(=O)(=O)c3ccc(OCC4CN(C5CC5)CCO4)c([N+](=O)[O-])c3)CC2)=C(c2ccc(Cl)cc2)C1. The van der Waals surface area contributed by atoms with Crippen molar-refractivity contribution in [2.75, 3.05) is 59.0 Å². The number of halogens is 1. The van der Waals surface area contributed by atoms with Gasteiger partial charge in [0, 0.05) is 73.6 Å². The Morgan fingerprint density at radius 2 is 1.83 bits per heavy atom. The summed E-state index contributed by atoms with van der Waals surface area (Å²) in [7, 11) is -4.46. The average Bonchev–Trinajstić information content (AvgIpc) is 4.03. The van der Waals surface area contributed by atoms with E-state index in [0.717, 1.165) is 55.7 Å². The summed E-state index contributed by atoms with van der Waals surface area (Å²) < 4.78 is 48.5. The molecule has 0 radical (unpaired) electrons. The Kier molecular flexibility index (Phi) is 12.0. The Labute approximate surface area is 377 Å². The van der Waals surface area contributed by atoms with Gasteiger partial charge in [0.2, 0.25) is 0 Å². The van der Waals surface area contributed by atoms with Gasteiger partial charge >= 0.3 is 15.7 Å². The molecule has 0 bridgehead atoms. The number of aromatic nitrogens is 2. The van der Waals surface area contributed by atoms with Crippen LogP contribution in [0.15, 0.2) is 95.7 Å². The molecule has 3 N–H and O–H groups in total. The lowest BCUT2D eigenvalue weighted by atomic mass is 9.72. The fraction of sp³-hybridized carbons (Fsp3) is 0.404. The number of ether oxygens (including phenoxy) is 3. The second-order valence-corrected chi connectivity index (χ2v) is 20.7. The van der Waals surface area contributed by atoms with Crippen molar-refractivity contribution in [1.29, 1.82) is 0 Å². The Hall–Kier alpha value is -5.36. The van der Waals surface area contributed by atoms with Crippen LogP contribution in [0.4, 0.5) is 11.4 Å². The van der Waals surface area contributed by atoms with Crippen LogP contribution in [0.1, 0.15) is 61.9 Å². The molecule has 2 aliphatic carbocycles. The first-order valence-corrected chi connectivity index (χ1v) is 23.6. The van der Waals surface area contributed by atoms with Crippen LogP contribution in [0.5, 0.6) is 17.2 Å². The molecule has 3 fully saturated rings. The maximum absolute atomic E-state index is 15.4. The van der Waals surface area contributed by atoms with Crippen LogP contribution in [-0.2, 0) is 14.8 Å². The highest BCUT2D eigenvalue weighted by atomic mass is 35.5. The zero-order valence-electron chi connectivity index (χ0n) is 36.0. The topological polar surface area (TPSA) is 183 Å². The zero-order valence-corrected chi connectivity index (χ0v) is 37.6. The number of carbonyl (C=O) groups excluding carboxylic acids is 1. The molecule has 2 aromatic heterocycles. The third-order valence-electron chi connectivity index (χ3n) is 13.2. The number of nitrogens with zero attached hydrogens (tertiary/aromatic N) is 5. The summed E-state index contributed by atoms with van der Waals surface area (Å²) in [6, 6.07) is 20.5. The molecule has 15 nitrogen and oxygen atoms in total. The number of piperazine rings is 1. The van der Waals surface area contributed by atoms with Crippen molar-refractivity contribution in [3.8, 4) is 17.2 Å². The molecule has 2 saturated heterocycles. The number of hydrogen-bond donors (Lipinski definition) is 2. The van der Waals surface area contributed by atoms with Crippen molar-refractivity contribution >= 4 is 55.5 Å². The standard InChI is InChI=1S/C47H52ClN7O8S/c1-47(2)15-13-33(41(26-47)31-3-5-34(48)6-4-31)28-52-17-20-55(21-18-52,36-9-11-40(45(49)56)44(24-36)63-37-23-32-14-16-50-46(32)51-27-37)64(59,60)39-10-12-43(42(25-39)54(57)58)62-30-38-29-53(19-22-61-38)35-7-8-35/h3-6,9-12,14,16,23-25,27,35,38H,7-8,13,15,17-22,26,28-30H2,1-2H3,(H2-,49,50,51,56)/p+1. The van der Waals surface area contributed by atoms with Gasteiger partial charge in [-0.15, -0.1) is 0 Å². The predicted molar refractivity (Wildman–Crippen MR) is 245 cm³/mol. The van der Waals surface area contributed by atoms with E-state index in [1.54, 1.807) is 24.4 Å². The first-order valence-electron chi connectivity index (χ1n) is 21.8. The number of rotatable bonds is 14. The van der Waals surface area contributed by atoms with E-state index in [-0.39, 0.29) is 53.2 Å². The van der Waals surface area contributed by atoms with Gasteiger partial charge in [-0.1, -0.05) is 43.2 Å². The van der Waals surface area contributed by atoms with Gasteiger partial charge in [0.05, 0.1) is 23.3 Å². The molecule has 0 spiro atoms. The molecule has 3 aromatic carbocycles. The number of nitro benzene ring substituents is 1. The summed E-state index contributed by atoms with van der Waals surface area (Å²) in [6.45, 7) is 8.29. The minimum Gasteiger partial charge on any atom is -0.484 e. The molecule has 4 aliphatic rings. The molecular weight excluding hydrogens is 858 g/mol. The molecule has 2 aliphatic heterocycles. The Morgan fingerprint density at radius 1 is 1.05 bits per heavy atom. The number of nitrogens with two attached hydrogens (primary N) is 1. The lowest BCUT2D eigenvalue weighted by Gasteiger charge is -2.43. The van der Waals surface area contributed by atoms with Crippen LogP contribution in [-0.4, -0.2) is 110 Å². The average molecular weight is 912 g/mol. The number of primary amides is 1. The summed E-state index contributed by atoms with van der Waals surface area (Å²) in [5, 5.41) is 14.1. The summed E-state index contributed by atoms with van der Waals surface area (Å²) in [5.41, 5.74) is 10.2. The van der Waals surface area contributed by atoms with Gasteiger partial charge in [-0.05, 0) is 91.1 Å². The van der Waals surface area contributed by atoms with Crippen LogP contribution < -0.4 is 19.1 Å². The van der Waals surface area contributed by atoms with Crippen LogP contribution in [0, 0.1) is 15.5 Å². The number of H-pyrrole nitrogens is 1. The molecule has 1 atom stereocenters. The van der Waals surface area contributed by atoms with Gasteiger partial charge in [-0.3, -0.25) is 24.7 Å². The van der Waals surface area contributed by atoms with E-state index < -0.39 is 30.4 Å². The van der Waals surface area contributed by atoms with Gasteiger partial charge in [-0.25, -0.2) is 4.98 Å². The van der Waals surface area contributed by atoms with Crippen LogP contribution in [0.3, 0.4) is 0 Å². The largest absolute Gasteiger partial charge is 0.484 e. The Morgan fingerprint density at radius 3 is 2.56 bits per heavy atom. The summed E-state index contributed by atoms with van der Waals surface area (Å²) in [4.78, 5) is 36.7. The maximum atomic E-state index is 15.4. The normalized spacial score (nSPS) is 20.6. The molecule has 1 saturated carbocycles. The molecule has 336 valence electrons. The van der Waals surface area contributed by atoms with E-state index in [1.165, 1.54) is 35.5 Å². The number of carbonyl (C=O) groups is 1. The van der Waals surface area contributed by atoms with E-state index in [2.05, 4.69) is 45.7 Å². The van der Waals surface area contributed by atoms with E-state index in [4.69, 9.17) is 31.5 Å². The van der Waals surface area contributed by atoms with Crippen molar-refractivity contribution in [2.45, 2.75) is 63.0 Å². The van der Waals surface area contributed by atoms with Crippen molar-refractivity contribution in [3.63, 3.8) is 0 Å². The Bertz CT molecular complexity index is 2730. The third-order valence-corrected chi connectivity index (χ3v) is 15.8. The van der Waals surface area contributed by atoms with E-state index in [1.807, 2.05) is 18.2 Å².